The third kappa shape index (κ3) is 5.79. The van der Waals surface area contributed by atoms with E-state index in [1.54, 1.807) is 22.0 Å². The monoisotopic (exact) mass is 360 g/mol. The van der Waals surface area contributed by atoms with Gasteiger partial charge in [-0.3, -0.25) is 4.79 Å². The van der Waals surface area contributed by atoms with E-state index in [2.05, 4.69) is 0 Å². The Morgan fingerprint density at radius 1 is 1.12 bits per heavy atom. The van der Waals surface area contributed by atoms with Gasteiger partial charge in [-0.25, -0.2) is 4.79 Å². The lowest BCUT2D eigenvalue weighted by molar-refractivity contribution is -0.127. The van der Waals surface area contributed by atoms with Crippen molar-refractivity contribution in [2.24, 2.45) is 5.92 Å². The number of carbonyl (C=O) groups is 2. The number of benzene rings is 1. The summed E-state index contributed by atoms with van der Waals surface area (Å²) in [5.41, 5.74) is 0.874. The lowest BCUT2D eigenvalue weighted by Crippen LogP contribution is -2.50. The second kappa shape index (κ2) is 9.85. The molecule has 1 aliphatic heterocycles. The minimum atomic E-state index is -0.299. The van der Waals surface area contributed by atoms with Gasteiger partial charge in [-0.1, -0.05) is 32.0 Å². The van der Waals surface area contributed by atoms with Crippen LogP contribution >= 0.6 is 0 Å². The molecule has 0 aliphatic carbocycles. The first kappa shape index (κ1) is 19.8. The topological polar surface area (TPSA) is 59.1 Å². The summed E-state index contributed by atoms with van der Waals surface area (Å²) in [6, 6.07) is 7.61. The molecule has 0 radical (unpaired) electrons. The molecule has 0 bridgehead atoms. The number of piperazine rings is 1. The van der Waals surface area contributed by atoms with Gasteiger partial charge in [0.15, 0.2) is 0 Å². The molecule has 26 heavy (non-hydrogen) atoms. The van der Waals surface area contributed by atoms with Crippen molar-refractivity contribution in [3.05, 3.63) is 35.9 Å². The first-order chi connectivity index (χ1) is 12.5. The van der Waals surface area contributed by atoms with Gasteiger partial charge in [-0.05, 0) is 25.0 Å². The minimum absolute atomic E-state index is 0.0634. The van der Waals surface area contributed by atoms with Gasteiger partial charge in [0.05, 0.1) is 13.2 Å². The van der Waals surface area contributed by atoms with E-state index in [9.17, 15) is 9.59 Å². The van der Waals surface area contributed by atoms with E-state index < -0.39 is 0 Å². The van der Waals surface area contributed by atoms with Crippen molar-refractivity contribution < 1.29 is 19.1 Å². The minimum Gasteiger partial charge on any atom is -0.493 e. The largest absolute Gasteiger partial charge is 0.493 e. The second-order valence-corrected chi connectivity index (χ2v) is 6.59. The molecule has 1 aromatic rings. The average molecular weight is 360 g/mol. The smallest absolute Gasteiger partial charge is 0.409 e. The van der Waals surface area contributed by atoms with E-state index in [0.29, 0.717) is 45.3 Å². The normalized spacial score (nSPS) is 14.8. The van der Waals surface area contributed by atoms with Crippen LogP contribution in [0.5, 0.6) is 5.75 Å². The molecule has 0 saturated carbocycles. The van der Waals surface area contributed by atoms with Crippen molar-refractivity contribution in [3.8, 4) is 5.75 Å². The molecule has 0 atom stereocenters. The molecule has 6 nitrogen and oxygen atoms in total. The maximum absolute atomic E-state index is 12.4. The number of hydrogen-bond acceptors (Lipinski definition) is 4. The van der Waals surface area contributed by atoms with Crippen molar-refractivity contribution >= 4 is 18.1 Å². The fourth-order valence-electron chi connectivity index (χ4n) is 2.61. The Bertz CT molecular complexity index is 634. The number of nitrogens with zero attached hydrogens (tertiary/aromatic N) is 2. The highest BCUT2D eigenvalue weighted by Crippen LogP contribution is 2.19. The van der Waals surface area contributed by atoms with Gasteiger partial charge in [0.2, 0.25) is 5.91 Å². The lowest BCUT2D eigenvalue weighted by Gasteiger charge is -2.33. The molecule has 0 unspecified atom stereocenters. The molecule has 1 aliphatic rings. The van der Waals surface area contributed by atoms with Crippen LogP contribution in [0.15, 0.2) is 30.3 Å². The van der Waals surface area contributed by atoms with Gasteiger partial charge in [0.25, 0.3) is 0 Å². The van der Waals surface area contributed by atoms with Crippen LogP contribution < -0.4 is 4.74 Å². The van der Waals surface area contributed by atoms with Crippen LogP contribution in [0, 0.1) is 5.92 Å². The number of carbonyl (C=O) groups excluding carboxylic acids is 2. The highest BCUT2D eigenvalue weighted by molar-refractivity contribution is 5.92. The number of amides is 2. The molecular formula is C20H28N2O4. The summed E-state index contributed by atoms with van der Waals surface area (Å²) >= 11 is 0. The molecule has 0 aromatic heterocycles. The van der Waals surface area contributed by atoms with Gasteiger partial charge in [0, 0.05) is 37.8 Å². The molecule has 0 spiro atoms. The maximum Gasteiger partial charge on any atom is 0.409 e. The summed E-state index contributed by atoms with van der Waals surface area (Å²) in [6.45, 7) is 8.92. The number of para-hydroxylation sites is 1. The summed E-state index contributed by atoms with van der Waals surface area (Å²) in [5.74, 6) is 1.01. The highest BCUT2D eigenvalue weighted by Gasteiger charge is 2.24. The summed E-state index contributed by atoms with van der Waals surface area (Å²) in [6.07, 6.45) is 3.04. The van der Waals surface area contributed by atoms with E-state index in [1.165, 1.54) is 0 Å². The Hall–Kier alpha value is -2.50. The van der Waals surface area contributed by atoms with Crippen LogP contribution in [0.1, 0.15) is 26.3 Å². The summed E-state index contributed by atoms with van der Waals surface area (Å²) in [5, 5.41) is 0. The van der Waals surface area contributed by atoms with Crippen molar-refractivity contribution in [2.45, 2.75) is 20.8 Å². The van der Waals surface area contributed by atoms with Crippen molar-refractivity contribution in [1.29, 1.82) is 0 Å². The Morgan fingerprint density at radius 3 is 2.42 bits per heavy atom. The van der Waals surface area contributed by atoms with Crippen LogP contribution in [-0.4, -0.2) is 61.2 Å². The maximum atomic E-state index is 12.4. The SMILES string of the molecule is CCOc1ccccc1/C=C/C(=O)N1CCN(C(=O)OCC(C)C)CC1. The van der Waals surface area contributed by atoms with E-state index in [1.807, 2.05) is 45.0 Å². The third-order valence-corrected chi connectivity index (χ3v) is 4.01. The van der Waals surface area contributed by atoms with Crippen LogP contribution in [0.3, 0.4) is 0 Å². The number of ether oxygens (including phenoxy) is 2. The zero-order valence-corrected chi connectivity index (χ0v) is 15.8. The van der Waals surface area contributed by atoms with E-state index in [4.69, 9.17) is 9.47 Å². The second-order valence-electron chi connectivity index (χ2n) is 6.59. The van der Waals surface area contributed by atoms with Crippen molar-refractivity contribution in [3.63, 3.8) is 0 Å². The van der Waals surface area contributed by atoms with E-state index in [0.717, 1.165) is 11.3 Å². The number of rotatable bonds is 6. The van der Waals surface area contributed by atoms with Gasteiger partial charge in [-0.2, -0.15) is 0 Å². The molecule has 2 rings (SSSR count). The van der Waals surface area contributed by atoms with Gasteiger partial charge in [0.1, 0.15) is 5.75 Å². The molecule has 0 N–H and O–H groups in total. The Morgan fingerprint density at radius 2 is 1.77 bits per heavy atom. The molecule has 1 saturated heterocycles. The lowest BCUT2D eigenvalue weighted by atomic mass is 10.2. The van der Waals surface area contributed by atoms with Crippen molar-refractivity contribution in [1.82, 2.24) is 9.80 Å². The van der Waals surface area contributed by atoms with Crippen LogP contribution in [0.2, 0.25) is 0 Å². The molecule has 142 valence electrons. The van der Waals surface area contributed by atoms with Crippen LogP contribution in [0.4, 0.5) is 4.79 Å². The Labute approximate surface area is 155 Å². The summed E-state index contributed by atoms with van der Waals surface area (Å²) in [4.78, 5) is 27.8. The standard InChI is InChI=1S/C20H28N2O4/c1-4-25-18-8-6-5-7-17(18)9-10-19(23)21-11-13-22(14-12-21)20(24)26-15-16(2)3/h5-10,16H,4,11-15H2,1-3H3/b10-9+. The van der Waals surface area contributed by atoms with Gasteiger partial charge in [-0.15, -0.1) is 0 Å². The predicted octanol–water partition coefficient (Wildman–Crippen LogP) is 3.04. The Kier molecular flexibility index (Phi) is 7.51. The molecule has 6 heteroatoms. The Balaban J connectivity index is 1.86. The fourth-order valence-corrected chi connectivity index (χ4v) is 2.61. The third-order valence-electron chi connectivity index (χ3n) is 4.01. The molecular weight excluding hydrogens is 332 g/mol. The quantitative estimate of drug-likeness (QED) is 0.732. The number of hydrogen-bond donors (Lipinski definition) is 0. The van der Waals surface area contributed by atoms with Crippen LogP contribution in [-0.2, 0) is 9.53 Å². The molecule has 2 amide bonds. The molecule has 1 aromatic carbocycles. The zero-order valence-electron chi connectivity index (χ0n) is 15.8. The highest BCUT2D eigenvalue weighted by atomic mass is 16.6. The van der Waals surface area contributed by atoms with Crippen molar-refractivity contribution in [2.75, 3.05) is 39.4 Å². The molecule has 1 fully saturated rings. The van der Waals surface area contributed by atoms with E-state index in [-0.39, 0.29) is 12.0 Å². The van der Waals surface area contributed by atoms with Crippen LogP contribution in [0.25, 0.3) is 6.08 Å². The molecule has 1 heterocycles. The van der Waals surface area contributed by atoms with Gasteiger partial charge >= 0.3 is 6.09 Å². The average Bonchev–Trinajstić information content (AvgIpc) is 2.65. The predicted molar refractivity (Wildman–Crippen MR) is 101 cm³/mol. The summed E-state index contributed by atoms with van der Waals surface area (Å²) < 4.78 is 10.8. The van der Waals surface area contributed by atoms with E-state index >= 15 is 0 Å². The first-order valence-corrected chi connectivity index (χ1v) is 9.11. The first-order valence-electron chi connectivity index (χ1n) is 9.11. The summed E-state index contributed by atoms with van der Waals surface area (Å²) in [7, 11) is 0. The fraction of sp³-hybridized carbons (Fsp3) is 0.500. The van der Waals surface area contributed by atoms with Gasteiger partial charge < -0.3 is 19.3 Å². The zero-order chi connectivity index (χ0) is 18.9.